The molecule has 1 heterocycles. The Morgan fingerprint density at radius 1 is 1.25 bits per heavy atom. The van der Waals surface area contributed by atoms with Gasteiger partial charge in [0.15, 0.2) is 0 Å². The van der Waals surface area contributed by atoms with Gasteiger partial charge < -0.3 is 5.73 Å². The maximum atomic E-state index is 13.9. The maximum absolute atomic E-state index is 13.9. The highest BCUT2D eigenvalue weighted by atomic mass is 19.1. The summed E-state index contributed by atoms with van der Waals surface area (Å²) in [4.78, 5) is 0. The molecule has 0 unspecified atom stereocenters. The highest BCUT2D eigenvalue weighted by Crippen LogP contribution is 2.26. The largest absolute Gasteiger partial charge is 0.384 e. The van der Waals surface area contributed by atoms with E-state index in [4.69, 9.17) is 5.73 Å². The van der Waals surface area contributed by atoms with Crippen LogP contribution in [-0.2, 0) is 7.05 Å². The Bertz CT molecular complexity index is 524. The van der Waals surface area contributed by atoms with Crippen molar-refractivity contribution < 1.29 is 4.39 Å². The third-order valence-corrected chi connectivity index (χ3v) is 2.59. The van der Waals surface area contributed by atoms with Gasteiger partial charge in [0.2, 0.25) is 0 Å². The van der Waals surface area contributed by atoms with Gasteiger partial charge in [-0.1, -0.05) is 6.07 Å². The number of aromatic nitrogens is 2. The van der Waals surface area contributed by atoms with Crippen molar-refractivity contribution in [3.8, 4) is 11.3 Å². The van der Waals surface area contributed by atoms with Crippen molar-refractivity contribution in [1.82, 2.24) is 9.78 Å². The van der Waals surface area contributed by atoms with Crippen molar-refractivity contribution in [1.29, 1.82) is 0 Å². The summed E-state index contributed by atoms with van der Waals surface area (Å²) in [6.07, 6.45) is 0. The van der Waals surface area contributed by atoms with Crippen molar-refractivity contribution in [3.05, 3.63) is 35.1 Å². The normalized spacial score (nSPS) is 10.8. The van der Waals surface area contributed by atoms with E-state index < -0.39 is 0 Å². The van der Waals surface area contributed by atoms with Gasteiger partial charge in [0.25, 0.3) is 0 Å². The lowest BCUT2D eigenvalue weighted by Crippen LogP contribution is -1.97. The average Bonchev–Trinajstić information content (AvgIpc) is 2.53. The van der Waals surface area contributed by atoms with E-state index in [1.807, 2.05) is 13.0 Å². The molecule has 3 nitrogen and oxygen atoms in total. The molecule has 4 heteroatoms. The molecular formula is C12H14FN3. The Hall–Kier alpha value is -1.84. The Morgan fingerprint density at radius 2 is 1.94 bits per heavy atom. The minimum Gasteiger partial charge on any atom is -0.384 e. The van der Waals surface area contributed by atoms with Crippen LogP contribution in [0.4, 0.5) is 10.2 Å². The summed E-state index contributed by atoms with van der Waals surface area (Å²) in [5.74, 6) is 0.289. The van der Waals surface area contributed by atoms with Gasteiger partial charge in [-0.2, -0.15) is 5.10 Å². The second-order valence-electron chi connectivity index (χ2n) is 4.02. The van der Waals surface area contributed by atoms with E-state index in [2.05, 4.69) is 5.10 Å². The van der Waals surface area contributed by atoms with Crippen LogP contribution >= 0.6 is 0 Å². The molecule has 1 aromatic heterocycles. The molecule has 2 rings (SSSR count). The fourth-order valence-corrected chi connectivity index (χ4v) is 1.75. The summed E-state index contributed by atoms with van der Waals surface area (Å²) in [6, 6.07) is 5.27. The van der Waals surface area contributed by atoms with E-state index in [1.165, 1.54) is 4.68 Å². The minimum atomic E-state index is -0.233. The molecule has 0 aliphatic carbocycles. The lowest BCUT2D eigenvalue weighted by atomic mass is 10.0. The molecule has 0 radical (unpaired) electrons. The van der Waals surface area contributed by atoms with E-state index in [-0.39, 0.29) is 5.82 Å². The van der Waals surface area contributed by atoms with Crippen molar-refractivity contribution in [2.24, 2.45) is 7.05 Å². The van der Waals surface area contributed by atoms with Crippen LogP contribution in [-0.4, -0.2) is 9.78 Å². The highest BCUT2D eigenvalue weighted by Gasteiger charge is 2.12. The number of nitrogen functional groups attached to an aromatic ring is 1. The maximum Gasteiger partial charge on any atom is 0.135 e. The SMILES string of the molecule is Cc1cc(C)c(F)c(-c2cc(N)n(C)n2)c1. The Labute approximate surface area is 93.7 Å². The zero-order chi connectivity index (χ0) is 11.9. The van der Waals surface area contributed by atoms with Gasteiger partial charge in [0.05, 0.1) is 5.69 Å². The number of nitrogens with zero attached hydrogens (tertiary/aromatic N) is 2. The number of anilines is 1. The first-order chi connectivity index (χ1) is 7.49. The number of nitrogens with two attached hydrogens (primary N) is 1. The van der Waals surface area contributed by atoms with E-state index in [0.717, 1.165) is 5.56 Å². The van der Waals surface area contributed by atoms with Gasteiger partial charge >= 0.3 is 0 Å². The van der Waals surface area contributed by atoms with Crippen molar-refractivity contribution in [2.75, 3.05) is 5.73 Å². The molecule has 0 atom stereocenters. The molecule has 2 aromatic rings. The van der Waals surface area contributed by atoms with Gasteiger partial charge in [-0.15, -0.1) is 0 Å². The van der Waals surface area contributed by atoms with Gasteiger partial charge in [-0.3, -0.25) is 4.68 Å². The summed E-state index contributed by atoms with van der Waals surface area (Å²) in [7, 11) is 1.74. The first-order valence-corrected chi connectivity index (χ1v) is 5.05. The molecule has 1 aromatic carbocycles. The van der Waals surface area contributed by atoms with E-state index in [1.54, 1.807) is 26.1 Å². The number of hydrogen-bond donors (Lipinski definition) is 1. The molecule has 0 aliphatic heterocycles. The van der Waals surface area contributed by atoms with Gasteiger partial charge in [-0.05, 0) is 31.0 Å². The molecule has 0 saturated heterocycles. The summed E-state index contributed by atoms with van der Waals surface area (Å²) in [5.41, 5.74) is 8.40. The van der Waals surface area contributed by atoms with Crippen molar-refractivity contribution >= 4 is 5.82 Å². The Kier molecular flexibility index (Phi) is 2.42. The predicted molar refractivity (Wildman–Crippen MR) is 62.5 cm³/mol. The van der Waals surface area contributed by atoms with E-state index in [9.17, 15) is 4.39 Å². The van der Waals surface area contributed by atoms with Crippen LogP contribution in [0.5, 0.6) is 0 Å². The first kappa shape index (κ1) is 10.7. The predicted octanol–water partition coefficient (Wildman–Crippen LogP) is 2.43. The van der Waals surface area contributed by atoms with Crippen LogP contribution in [0.25, 0.3) is 11.3 Å². The van der Waals surface area contributed by atoms with Crippen LogP contribution in [0.1, 0.15) is 11.1 Å². The van der Waals surface area contributed by atoms with Crippen LogP contribution in [0.15, 0.2) is 18.2 Å². The molecule has 0 aliphatic rings. The quantitative estimate of drug-likeness (QED) is 0.800. The van der Waals surface area contributed by atoms with Crippen LogP contribution < -0.4 is 5.73 Å². The third-order valence-electron chi connectivity index (χ3n) is 2.59. The fraction of sp³-hybridized carbons (Fsp3) is 0.250. The van der Waals surface area contributed by atoms with E-state index in [0.29, 0.717) is 22.6 Å². The molecule has 0 spiro atoms. The number of aryl methyl sites for hydroxylation is 3. The number of benzene rings is 1. The topological polar surface area (TPSA) is 43.8 Å². The molecule has 0 fully saturated rings. The summed E-state index contributed by atoms with van der Waals surface area (Å²) in [6.45, 7) is 3.68. The molecule has 84 valence electrons. The summed E-state index contributed by atoms with van der Waals surface area (Å²) < 4.78 is 15.5. The second kappa shape index (κ2) is 3.63. The number of hydrogen-bond acceptors (Lipinski definition) is 2. The molecule has 0 amide bonds. The highest BCUT2D eigenvalue weighted by molar-refractivity contribution is 5.64. The number of rotatable bonds is 1. The number of halogens is 1. The average molecular weight is 219 g/mol. The standard InChI is InChI=1S/C12H14FN3/c1-7-4-8(2)12(13)9(5-7)10-6-11(14)16(3)15-10/h4-6H,14H2,1-3H3. The third kappa shape index (κ3) is 1.66. The molecule has 0 bridgehead atoms. The van der Waals surface area contributed by atoms with Crippen LogP contribution in [0, 0.1) is 19.7 Å². The van der Waals surface area contributed by atoms with Crippen molar-refractivity contribution in [3.63, 3.8) is 0 Å². The smallest absolute Gasteiger partial charge is 0.135 e. The lowest BCUT2D eigenvalue weighted by Gasteiger charge is -2.04. The summed E-state index contributed by atoms with van der Waals surface area (Å²) in [5, 5.41) is 4.18. The second-order valence-corrected chi connectivity index (χ2v) is 4.02. The fourth-order valence-electron chi connectivity index (χ4n) is 1.75. The van der Waals surface area contributed by atoms with Gasteiger partial charge in [0, 0.05) is 18.7 Å². The Morgan fingerprint density at radius 3 is 2.50 bits per heavy atom. The van der Waals surface area contributed by atoms with Gasteiger partial charge in [0.1, 0.15) is 11.6 Å². The summed E-state index contributed by atoms with van der Waals surface area (Å²) >= 11 is 0. The zero-order valence-corrected chi connectivity index (χ0v) is 9.58. The minimum absolute atomic E-state index is 0.233. The zero-order valence-electron chi connectivity index (χ0n) is 9.58. The molecule has 16 heavy (non-hydrogen) atoms. The monoisotopic (exact) mass is 219 g/mol. The molecule has 0 saturated carbocycles. The van der Waals surface area contributed by atoms with Gasteiger partial charge in [-0.25, -0.2) is 4.39 Å². The molecular weight excluding hydrogens is 205 g/mol. The van der Waals surface area contributed by atoms with E-state index >= 15 is 0 Å². The van der Waals surface area contributed by atoms with Crippen molar-refractivity contribution in [2.45, 2.75) is 13.8 Å². The first-order valence-electron chi connectivity index (χ1n) is 5.05. The Balaban J connectivity index is 2.63. The molecule has 2 N–H and O–H groups in total. The van der Waals surface area contributed by atoms with Crippen LogP contribution in [0.3, 0.4) is 0 Å². The van der Waals surface area contributed by atoms with Crippen LogP contribution in [0.2, 0.25) is 0 Å². The lowest BCUT2D eigenvalue weighted by molar-refractivity contribution is 0.620.